The third-order valence-corrected chi connectivity index (χ3v) is 8.52. The fourth-order valence-corrected chi connectivity index (χ4v) is 7.12. The number of carbonyl (C=O) groups is 2. The first-order chi connectivity index (χ1) is 11.8. The lowest BCUT2D eigenvalue weighted by Crippen LogP contribution is -2.49. The van der Waals surface area contributed by atoms with Crippen LogP contribution in [0.3, 0.4) is 0 Å². The van der Waals surface area contributed by atoms with Crippen LogP contribution in [0.4, 0.5) is 0 Å². The maximum Gasteiger partial charge on any atom is 0.331 e. The molecule has 0 saturated heterocycles. The molecule has 0 bridgehead atoms. The van der Waals surface area contributed by atoms with Crippen molar-refractivity contribution in [1.82, 2.24) is 0 Å². The Hall–Kier alpha value is -1.38. The van der Waals surface area contributed by atoms with Gasteiger partial charge in [0, 0.05) is 12.0 Å². The second kappa shape index (κ2) is 5.56. The van der Waals surface area contributed by atoms with E-state index in [9.17, 15) is 14.7 Å². The van der Waals surface area contributed by atoms with Gasteiger partial charge in [-0.25, -0.2) is 4.79 Å². The zero-order chi connectivity index (χ0) is 18.0. The predicted molar refractivity (Wildman–Crippen MR) is 97.0 cm³/mol. The lowest BCUT2D eigenvalue weighted by atomic mass is 9.47. The van der Waals surface area contributed by atoms with Gasteiger partial charge in [-0.05, 0) is 86.5 Å². The Morgan fingerprint density at radius 3 is 2.48 bits per heavy atom. The van der Waals surface area contributed by atoms with E-state index in [4.69, 9.17) is 0 Å². The summed E-state index contributed by atoms with van der Waals surface area (Å²) < 4.78 is 0. The molecular formula is C22H30O3. The van der Waals surface area contributed by atoms with Crippen LogP contribution in [-0.4, -0.2) is 16.9 Å². The van der Waals surface area contributed by atoms with E-state index in [2.05, 4.69) is 13.8 Å². The lowest BCUT2D eigenvalue weighted by molar-refractivity contribution is -0.132. The minimum Gasteiger partial charge on any atom is -0.478 e. The van der Waals surface area contributed by atoms with Crippen molar-refractivity contribution in [3.05, 3.63) is 22.8 Å². The zero-order valence-electron chi connectivity index (χ0n) is 15.7. The maximum absolute atomic E-state index is 11.9. The van der Waals surface area contributed by atoms with E-state index in [1.807, 2.05) is 6.08 Å². The number of rotatable bonds is 1. The molecule has 0 radical (unpaired) electrons. The highest BCUT2D eigenvalue weighted by molar-refractivity contribution is 5.91. The molecule has 3 unspecified atom stereocenters. The first-order valence-electron chi connectivity index (χ1n) is 9.95. The number of fused-ring (bicyclic) bond motifs is 5. The molecule has 0 aromatic heterocycles. The average molecular weight is 342 g/mol. The van der Waals surface area contributed by atoms with Gasteiger partial charge < -0.3 is 5.11 Å². The molecule has 0 aliphatic heterocycles. The normalized spacial score (nSPS) is 45.2. The second-order valence-corrected chi connectivity index (χ2v) is 9.37. The molecule has 1 N–H and O–H groups in total. The van der Waals surface area contributed by atoms with E-state index in [1.54, 1.807) is 6.92 Å². The molecule has 3 saturated carbocycles. The van der Waals surface area contributed by atoms with E-state index in [0.717, 1.165) is 32.1 Å². The third kappa shape index (κ3) is 2.30. The maximum atomic E-state index is 11.9. The van der Waals surface area contributed by atoms with Gasteiger partial charge >= 0.3 is 5.97 Å². The fourth-order valence-electron chi connectivity index (χ4n) is 7.12. The molecule has 3 heteroatoms. The molecule has 3 nitrogen and oxygen atoms in total. The molecule has 25 heavy (non-hydrogen) atoms. The van der Waals surface area contributed by atoms with Crippen molar-refractivity contribution in [1.29, 1.82) is 0 Å². The summed E-state index contributed by atoms with van der Waals surface area (Å²) in [5.41, 5.74) is 3.49. The summed E-state index contributed by atoms with van der Waals surface area (Å²) in [4.78, 5) is 23.5. The number of hydrogen-bond donors (Lipinski definition) is 1. The highest BCUT2D eigenvalue weighted by atomic mass is 16.4. The Bertz CT molecular complexity index is 700. The van der Waals surface area contributed by atoms with Gasteiger partial charge in [-0.2, -0.15) is 0 Å². The largest absolute Gasteiger partial charge is 0.478 e. The quantitative estimate of drug-likeness (QED) is 0.688. The first kappa shape index (κ1) is 17.1. The van der Waals surface area contributed by atoms with Crippen molar-refractivity contribution in [3.63, 3.8) is 0 Å². The smallest absolute Gasteiger partial charge is 0.331 e. The van der Waals surface area contributed by atoms with Crippen LogP contribution < -0.4 is 0 Å². The van der Waals surface area contributed by atoms with E-state index in [1.165, 1.54) is 24.0 Å². The Balaban J connectivity index is 1.69. The monoisotopic (exact) mass is 342 g/mol. The van der Waals surface area contributed by atoms with E-state index >= 15 is 0 Å². The van der Waals surface area contributed by atoms with Crippen molar-refractivity contribution >= 4 is 11.8 Å². The van der Waals surface area contributed by atoms with Crippen molar-refractivity contribution in [2.75, 3.05) is 0 Å². The molecule has 0 heterocycles. The number of hydrogen-bond acceptors (Lipinski definition) is 2. The van der Waals surface area contributed by atoms with Crippen LogP contribution in [0.5, 0.6) is 0 Å². The van der Waals surface area contributed by atoms with Gasteiger partial charge in [0.2, 0.25) is 0 Å². The minimum absolute atomic E-state index is 0.0751. The number of ketones is 1. The molecule has 4 aliphatic rings. The van der Waals surface area contributed by atoms with Crippen LogP contribution in [0, 0.1) is 28.6 Å². The summed E-state index contributed by atoms with van der Waals surface area (Å²) >= 11 is 0. The van der Waals surface area contributed by atoms with Crippen LogP contribution in [-0.2, 0) is 9.59 Å². The van der Waals surface area contributed by atoms with Gasteiger partial charge in [0.25, 0.3) is 0 Å². The molecule has 4 rings (SSSR count). The molecule has 136 valence electrons. The van der Waals surface area contributed by atoms with Crippen LogP contribution in [0.1, 0.15) is 72.1 Å². The van der Waals surface area contributed by atoms with Gasteiger partial charge in [-0.1, -0.05) is 25.0 Å². The van der Waals surface area contributed by atoms with Crippen LogP contribution >= 0.6 is 0 Å². The number of carboxylic acid groups (broad SMARTS) is 1. The van der Waals surface area contributed by atoms with Crippen LogP contribution in [0.2, 0.25) is 0 Å². The van der Waals surface area contributed by atoms with E-state index < -0.39 is 5.97 Å². The Morgan fingerprint density at radius 1 is 1.04 bits per heavy atom. The summed E-state index contributed by atoms with van der Waals surface area (Å²) in [6.45, 7) is 6.53. The van der Waals surface area contributed by atoms with Crippen molar-refractivity contribution in [2.24, 2.45) is 28.6 Å². The zero-order valence-corrected chi connectivity index (χ0v) is 15.7. The fraction of sp³-hybridized carbons (Fsp3) is 0.727. The summed E-state index contributed by atoms with van der Waals surface area (Å²) in [6, 6.07) is 0. The minimum atomic E-state index is -0.745. The second-order valence-electron chi connectivity index (χ2n) is 9.37. The molecule has 4 aliphatic carbocycles. The summed E-state index contributed by atoms with van der Waals surface area (Å²) in [6.07, 6.45) is 10.3. The van der Waals surface area contributed by atoms with Gasteiger partial charge in [-0.15, -0.1) is 0 Å². The molecule has 0 aromatic rings. The Labute approximate surface area is 150 Å². The molecule has 3 fully saturated rings. The molecule has 0 amide bonds. The highest BCUT2D eigenvalue weighted by Crippen LogP contribution is 2.66. The van der Waals surface area contributed by atoms with Crippen molar-refractivity contribution < 1.29 is 14.7 Å². The SMILES string of the molecule is C/C(C(=O)O)=C1/CCC2C3CCC4=CC(=O)CC[C@]4(C)C3CC[C@]12C. The van der Waals surface area contributed by atoms with Crippen LogP contribution in [0.25, 0.3) is 0 Å². The molecule has 0 aromatic carbocycles. The van der Waals surface area contributed by atoms with Crippen LogP contribution in [0.15, 0.2) is 22.8 Å². The summed E-state index contributed by atoms with van der Waals surface area (Å²) in [5, 5.41) is 9.50. The van der Waals surface area contributed by atoms with E-state index in [-0.39, 0.29) is 10.8 Å². The highest BCUT2D eigenvalue weighted by Gasteiger charge is 2.57. The lowest BCUT2D eigenvalue weighted by Gasteiger charge is -2.57. The number of carbonyl (C=O) groups excluding carboxylic acids is 1. The molecule has 5 atom stereocenters. The Kier molecular flexibility index (Phi) is 3.79. The number of carboxylic acids is 1. The van der Waals surface area contributed by atoms with Gasteiger partial charge in [0.05, 0.1) is 0 Å². The molecular weight excluding hydrogens is 312 g/mol. The van der Waals surface area contributed by atoms with Gasteiger partial charge in [-0.3, -0.25) is 4.79 Å². The summed E-state index contributed by atoms with van der Waals surface area (Å²) in [7, 11) is 0. The van der Waals surface area contributed by atoms with E-state index in [0.29, 0.717) is 35.5 Å². The van der Waals surface area contributed by atoms with Crippen molar-refractivity contribution in [2.45, 2.75) is 72.1 Å². The Morgan fingerprint density at radius 2 is 1.76 bits per heavy atom. The summed E-state index contributed by atoms with van der Waals surface area (Å²) in [5.74, 6) is 1.54. The van der Waals surface area contributed by atoms with Crippen molar-refractivity contribution in [3.8, 4) is 0 Å². The standard InChI is InChI=1S/C22H30O3/c1-13(20(24)25)17-6-7-18-16-5-4-14-12-15(23)8-10-21(14,2)19(16)9-11-22(17,18)3/h12,16,18-19H,4-11H2,1-3H3,(H,24,25)/b17-13+/t16?,18?,19?,21-,22+/m0/s1. The topological polar surface area (TPSA) is 54.4 Å². The first-order valence-corrected chi connectivity index (χ1v) is 9.95. The molecule has 0 spiro atoms. The average Bonchev–Trinajstić information content (AvgIpc) is 2.92. The van der Waals surface area contributed by atoms with Gasteiger partial charge in [0.1, 0.15) is 0 Å². The number of aliphatic carboxylic acids is 1. The third-order valence-electron chi connectivity index (χ3n) is 8.52. The number of allylic oxidation sites excluding steroid dienone is 2. The predicted octanol–water partition coefficient (Wildman–Crippen LogP) is 4.92. The van der Waals surface area contributed by atoms with Gasteiger partial charge in [0.15, 0.2) is 5.78 Å².